The third-order valence-corrected chi connectivity index (χ3v) is 3.10. The summed E-state index contributed by atoms with van der Waals surface area (Å²) >= 11 is 4.96. The van der Waals surface area contributed by atoms with Gasteiger partial charge in [-0.3, -0.25) is 4.79 Å². The molecule has 1 unspecified atom stereocenters. The molecule has 3 N–H and O–H groups in total. The highest BCUT2D eigenvalue weighted by atomic mass is 32.1. The van der Waals surface area contributed by atoms with Crippen LogP contribution in [0.5, 0.6) is 0 Å². The zero-order valence-electron chi connectivity index (χ0n) is 12.2. The Balaban J connectivity index is 2.59. The molecule has 1 atom stereocenters. The molecule has 0 bridgehead atoms. The van der Waals surface area contributed by atoms with Crippen LogP contribution in [0, 0.1) is 5.92 Å². The lowest BCUT2D eigenvalue weighted by atomic mass is 10.1. The minimum absolute atomic E-state index is 0.197. The van der Waals surface area contributed by atoms with Gasteiger partial charge in [0.05, 0.1) is 5.69 Å². The van der Waals surface area contributed by atoms with Crippen LogP contribution >= 0.6 is 12.2 Å². The van der Waals surface area contributed by atoms with E-state index in [0.717, 1.165) is 6.42 Å². The Kier molecular flexibility index (Phi) is 6.61. The second kappa shape index (κ2) is 7.97. The summed E-state index contributed by atoms with van der Waals surface area (Å²) in [5.74, 6) is 0.359. The molecule has 0 spiro atoms. The summed E-state index contributed by atoms with van der Waals surface area (Å²) in [6, 6.07) is 7.20. The van der Waals surface area contributed by atoms with Gasteiger partial charge in [-0.2, -0.15) is 0 Å². The van der Waals surface area contributed by atoms with E-state index in [1.807, 2.05) is 12.1 Å². The van der Waals surface area contributed by atoms with Crippen LogP contribution in [0.3, 0.4) is 0 Å². The molecular weight excluding hydrogens is 272 g/mol. The topological polar surface area (TPSA) is 64.3 Å². The van der Waals surface area contributed by atoms with E-state index in [2.05, 4.69) is 19.2 Å². The Morgan fingerprint density at radius 2 is 2.00 bits per heavy atom. The van der Waals surface area contributed by atoms with E-state index in [9.17, 15) is 4.79 Å². The van der Waals surface area contributed by atoms with Crippen molar-refractivity contribution in [3.8, 4) is 0 Å². The fourth-order valence-corrected chi connectivity index (χ4v) is 1.78. The summed E-state index contributed by atoms with van der Waals surface area (Å²) in [7, 11) is 0. The number of hydrogen-bond acceptors (Lipinski definition) is 3. The quantitative estimate of drug-likeness (QED) is 0.759. The molecule has 4 nitrogen and oxygen atoms in total. The van der Waals surface area contributed by atoms with E-state index < -0.39 is 6.10 Å². The summed E-state index contributed by atoms with van der Waals surface area (Å²) in [6.07, 6.45) is 0.425. The number of nitrogens with two attached hydrogens (primary N) is 1. The van der Waals surface area contributed by atoms with E-state index in [-0.39, 0.29) is 10.9 Å². The first-order valence-corrected chi connectivity index (χ1v) is 7.14. The molecule has 0 fully saturated rings. The first-order valence-electron chi connectivity index (χ1n) is 6.73. The summed E-state index contributed by atoms with van der Waals surface area (Å²) < 4.78 is 5.51. The minimum Gasteiger partial charge on any atom is -0.389 e. The van der Waals surface area contributed by atoms with Crippen molar-refractivity contribution in [3.05, 3.63) is 29.8 Å². The average Bonchev–Trinajstić information content (AvgIpc) is 2.38. The molecule has 0 saturated heterocycles. The van der Waals surface area contributed by atoms with Crippen molar-refractivity contribution in [3.63, 3.8) is 0 Å². The Labute approximate surface area is 125 Å². The molecule has 1 aromatic rings. The summed E-state index contributed by atoms with van der Waals surface area (Å²) in [5.41, 5.74) is 6.90. The van der Waals surface area contributed by atoms with E-state index in [0.29, 0.717) is 23.8 Å². The monoisotopic (exact) mass is 294 g/mol. The molecule has 0 radical (unpaired) electrons. The average molecular weight is 294 g/mol. The van der Waals surface area contributed by atoms with Gasteiger partial charge >= 0.3 is 0 Å². The van der Waals surface area contributed by atoms with E-state index >= 15 is 0 Å². The SMILES string of the molecule is CC(C)CCOC(C)C(=O)Nc1ccccc1C(N)=S. The fraction of sp³-hybridized carbons (Fsp3) is 0.467. The van der Waals surface area contributed by atoms with Gasteiger partial charge in [-0.15, -0.1) is 0 Å². The fourth-order valence-electron chi connectivity index (χ4n) is 1.60. The zero-order chi connectivity index (χ0) is 15.1. The Bertz CT molecular complexity index is 475. The van der Waals surface area contributed by atoms with E-state index in [1.165, 1.54) is 0 Å². The van der Waals surface area contributed by atoms with Crippen molar-refractivity contribution in [2.45, 2.75) is 33.3 Å². The van der Waals surface area contributed by atoms with Crippen molar-refractivity contribution in [1.29, 1.82) is 0 Å². The predicted octanol–water partition coefficient (Wildman–Crippen LogP) is 2.71. The van der Waals surface area contributed by atoms with Crippen LogP contribution in [-0.2, 0) is 9.53 Å². The summed E-state index contributed by atoms with van der Waals surface area (Å²) in [4.78, 5) is 12.3. The van der Waals surface area contributed by atoms with E-state index in [4.69, 9.17) is 22.7 Å². The van der Waals surface area contributed by atoms with Crippen LogP contribution in [0.4, 0.5) is 5.69 Å². The minimum atomic E-state index is -0.506. The molecule has 110 valence electrons. The van der Waals surface area contributed by atoms with Crippen LogP contribution in [0.1, 0.15) is 32.8 Å². The smallest absolute Gasteiger partial charge is 0.253 e. The maximum Gasteiger partial charge on any atom is 0.253 e. The highest BCUT2D eigenvalue weighted by molar-refractivity contribution is 7.80. The highest BCUT2D eigenvalue weighted by Crippen LogP contribution is 2.15. The molecule has 0 aliphatic rings. The molecule has 0 aliphatic heterocycles. The second-order valence-electron chi connectivity index (χ2n) is 5.09. The number of para-hydroxylation sites is 1. The van der Waals surface area contributed by atoms with Crippen molar-refractivity contribution < 1.29 is 9.53 Å². The number of benzene rings is 1. The molecule has 0 heterocycles. The summed E-state index contributed by atoms with van der Waals surface area (Å²) in [6.45, 7) is 6.54. The highest BCUT2D eigenvalue weighted by Gasteiger charge is 2.15. The molecule has 0 aliphatic carbocycles. The lowest BCUT2D eigenvalue weighted by Gasteiger charge is -2.15. The third-order valence-electron chi connectivity index (χ3n) is 2.88. The number of rotatable bonds is 7. The molecule has 20 heavy (non-hydrogen) atoms. The molecule has 0 aromatic heterocycles. The molecule has 1 aromatic carbocycles. The number of hydrogen-bond donors (Lipinski definition) is 2. The van der Waals surface area contributed by atoms with Gasteiger partial charge in [-0.1, -0.05) is 38.2 Å². The normalized spacial score (nSPS) is 12.2. The van der Waals surface area contributed by atoms with Crippen LogP contribution in [-0.4, -0.2) is 23.6 Å². The maximum atomic E-state index is 12.0. The third kappa shape index (κ3) is 5.27. The van der Waals surface area contributed by atoms with Crippen molar-refractivity contribution in [2.24, 2.45) is 11.7 Å². The van der Waals surface area contributed by atoms with Gasteiger partial charge in [0.2, 0.25) is 0 Å². The molecule has 5 heteroatoms. The largest absolute Gasteiger partial charge is 0.389 e. The molecular formula is C15H22N2O2S. The summed E-state index contributed by atoms with van der Waals surface area (Å²) in [5, 5.41) is 2.80. The van der Waals surface area contributed by atoms with E-state index in [1.54, 1.807) is 19.1 Å². The van der Waals surface area contributed by atoms with Crippen molar-refractivity contribution in [2.75, 3.05) is 11.9 Å². The maximum absolute atomic E-state index is 12.0. The molecule has 1 amide bonds. The first kappa shape index (κ1) is 16.6. The van der Waals surface area contributed by atoms with Gasteiger partial charge in [-0.25, -0.2) is 0 Å². The lowest BCUT2D eigenvalue weighted by molar-refractivity contribution is -0.126. The van der Waals surface area contributed by atoms with Crippen LogP contribution in [0.2, 0.25) is 0 Å². The van der Waals surface area contributed by atoms with Gasteiger partial charge in [0.25, 0.3) is 5.91 Å². The van der Waals surface area contributed by atoms with Gasteiger partial charge in [0.1, 0.15) is 11.1 Å². The van der Waals surface area contributed by atoms with Crippen LogP contribution in [0.15, 0.2) is 24.3 Å². The lowest BCUT2D eigenvalue weighted by Crippen LogP contribution is -2.29. The number of anilines is 1. The standard InChI is InChI=1S/C15H22N2O2S/c1-10(2)8-9-19-11(3)15(18)17-13-7-5-4-6-12(13)14(16)20/h4-7,10-11H,8-9H2,1-3H3,(H2,16,20)(H,17,18). The number of nitrogens with one attached hydrogen (secondary N) is 1. The van der Waals surface area contributed by atoms with Gasteiger partial charge in [-0.05, 0) is 31.4 Å². The number of thiocarbonyl (C=S) groups is 1. The second-order valence-corrected chi connectivity index (χ2v) is 5.53. The van der Waals surface area contributed by atoms with Crippen LogP contribution < -0.4 is 11.1 Å². The van der Waals surface area contributed by atoms with Gasteiger partial charge < -0.3 is 15.8 Å². The Hall–Kier alpha value is -1.46. The Morgan fingerprint density at radius 1 is 1.35 bits per heavy atom. The van der Waals surface area contributed by atoms with Crippen molar-refractivity contribution >= 4 is 28.8 Å². The predicted molar refractivity (Wildman–Crippen MR) is 85.8 cm³/mol. The number of amides is 1. The number of carbonyl (C=O) groups excluding carboxylic acids is 1. The van der Waals surface area contributed by atoms with Gasteiger partial charge in [0, 0.05) is 12.2 Å². The van der Waals surface area contributed by atoms with Gasteiger partial charge in [0.15, 0.2) is 0 Å². The number of ether oxygens (including phenoxy) is 1. The number of carbonyl (C=O) groups is 1. The first-order chi connectivity index (χ1) is 9.41. The molecule has 1 rings (SSSR count). The molecule has 0 saturated carbocycles. The van der Waals surface area contributed by atoms with Crippen LogP contribution in [0.25, 0.3) is 0 Å². The van der Waals surface area contributed by atoms with Crippen molar-refractivity contribution in [1.82, 2.24) is 0 Å². The Morgan fingerprint density at radius 3 is 2.60 bits per heavy atom. The zero-order valence-corrected chi connectivity index (χ0v) is 13.0.